The molecule has 132 valence electrons. The lowest BCUT2D eigenvalue weighted by Gasteiger charge is -2.42. The van der Waals surface area contributed by atoms with Crippen LogP contribution in [-0.4, -0.2) is 57.0 Å². The molecule has 1 aromatic rings. The minimum absolute atomic E-state index is 0.0558. The van der Waals surface area contributed by atoms with Crippen LogP contribution in [0.5, 0.6) is 0 Å². The second-order valence-electron chi connectivity index (χ2n) is 6.58. The number of amides is 2. The van der Waals surface area contributed by atoms with Crippen molar-refractivity contribution in [1.29, 1.82) is 0 Å². The molecule has 0 radical (unpaired) electrons. The molecule has 2 aliphatic rings. The van der Waals surface area contributed by atoms with Crippen LogP contribution in [0, 0.1) is 0 Å². The van der Waals surface area contributed by atoms with E-state index >= 15 is 0 Å². The Hall–Kier alpha value is -2.09. The summed E-state index contributed by atoms with van der Waals surface area (Å²) in [5, 5.41) is 19.0. The Kier molecular flexibility index (Phi) is 5.03. The van der Waals surface area contributed by atoms with Crippen LogP contribution in [0.15, 0.2) is 6.07 Å². The van der Waals surface area contributed by atoms with Gasteiger partial charge in [-0.3, -0.25) is 19.7 Å². The Morgan fingerprint density at radius 2 is 2.21 bits per heavy atom. The molecule has 0 unspecified atom stereocenters. The zero-order valence-corrected chi connectivity index (χ0v) is 14.0. The highest BCUT2D eigenvalue weighted by Gasteiger charge is 2.34. The number of hydrogen-bond donors (Lipinski definition) is 3. The molecule has 24 heavy (non-hydrogen) atoms. The number of carbonyl (C=O) groups excluding carboxylic acids is 1. The minimum atomic E-state index is -0.810. The van der Waals surface area contributed by atoms with Gasteiger partial charge < -0.3 is 10.4 Å². The van der Waals surface area contributed by atoms with Crippen molar-refractivity contribution in [3.05, 3.63) is 11.8 Å². The summed E-state index contributed by atoms with van der Waals surface area (Å²) in [6.45, 7) is 3.63. The van der Waals surface area contributed by atoms with Crippen LogP contribution in [0.4, 0.5) is 10.6 Å². The number of likely N-dealkylation sites (N-methyl/N-ethyl adjacent to an activating group) is 1. The third-order valence-corrected chi connectivity index (χ3v) is 4.87. The number of aryl methyl sites for hydroxylation is 2. The summed E-state index contributed by atoms with van der Waals surface area (Å²) >= 11 is 0. The van der Waals surface area contributed by atoms with Crippen molar-refractivity contribution in [2.75, 3.05) is 18.4 Å². The van der Waals surface area contributed by atoms with E-state index in [1.165, 1.54) is 12.1 Å². The Bertz CT molecular complexity index is 585. The largest absolute Gasteiger partial charge is 0.480 e. The molecule has 1 aromatic heterocycles. The van der Waals surface area contributed by atoms with E-state index in [0.717, 1.165) is 32.2 Å². The van der Waals surface area contributed by atoms with Crippen LogP contribution in [-0.2, 0) is 17.8 Å². The second kappa shape index (κ2) is 7.21. The molecule has 1 saturated carbocycles. The van der Waals surface area contributed by atoms with Gasteiger partial charge in [0.05, 0.1) is 6.54 Å². The number of aromatic nitrogens is 2. The van der Waals surface area contributed by atoms with E-state index in [-0.39, 0.29) is 24.7 Å². The topological polar surface area (TPSA) is 99.5 Å². The second-order valence-corrected chi connectivity index (χ2v) is 6.58. The molecule has 0 bridgehead atoms. The first-order chi connectivity index (χ1) is 11.5. The summed E-state index contributed by atoms with van der Waals surface area (Å²) in [6.07, 6.45) is 4.89. The number of rotatable bonds is 6. The lowest BCUT2D eigenvalue weighted by Crippen LogP contribution is -2.55. The SMILES string of the molecule is CCN(CC(=O)O)C1CC(NC(=O)Nc2cc3n(n2)CCCC3)C1. The molecule has 2 heterocycles. The first kappa shape index (κ1) is 16.8. The fourth-order valence-electron chi connectivity index (χ4n) is 3.49. The van der Waals surface area contributed by atoms with Gasteiger partial charge in [0.1, 0.15) is 0 Å². The Morgan fingerprint density at radius 1 is 1.42 bits per heavy atom. The van der Waals surface area contributed by atoms with Crippen molar-refractivity contribution in [3.63, 3.8) is 0 Å². The summed E-state index contributed by atoms with van der Waals surface area (Å²) in [5.41, 5.74) is 1.17. The Balaban J connectivity index is 1.43. The van der Waals surface area contributed by atoms with Gasteiger partial charge in [0.2, 0.25) is 0 Å². The highest BCUT2D eigenvalue weighted by molar-refractivity contribution is 5.88. The number of nitrogens with zero attached hydrogens (tertiary/aromatic N) is 3. The number of carboxylic acids is 1. The molecule has 2 amide bonds. The van der Waals surface area contributed by atoms with Crippen molar-refractivity contribution in [2.24, 2.45) is 0 Å². The van der Waals surface area contributed by atoms with E-state index in [0.29, 0.717) is 12.4 Å². The molecule has 3 N–H and O–H groups in total. The number of carbonyl (C=O) groups is 2. The van der Waals surface area contributed by atoms with Gasteiger partial charge in [0.25, 0.3) is 0 Å². The maximum Gasteiger partial charge on any atom is 0.320 e. The summed E-state index contributed by atoms with van der Waals surface area (Å²) in [7, 11) is 0. The zero-order valence-electron chi connectivity index (χ0n) is 14.0. The van der Waals surface area contributed by atoms with Gasteiger partial charge in [-0.25, -0.2) is 4.79 Å². The van der Waals surface area contributed by atoms with E-state index in [1.54, 1.807) is 0 Å². The molecular formula is C16H25N5O3. The van der Waals surface area contributed by atoms with E-state index < -0.39 is 5.97 Å². The zero-order chi connectivity index (χ0) is 17.1. The maximum atomic E-state index is 12.1. The monoisotopic (exact) mass is 335 g/mol. The van der Waals surface area contributed by atoms with E-state index in [4.69, 9.17) is 5.11 Å². The van der Waals surface area contributed by atoms with Crippen LogP contribution in [0.25, 0.3) is 0 Å². The fraction of sp³-hybridized carbons (Fsp3) is 0.688. The van der Waals surface area contributed by atoms with E-state index in [2.05, 4.69) is 15.7 Å². The molecule has 0 aromatic carbocycles. The molecule has 1 fully saturated rings. The summed E-state index contributed by atoms with van der Waals surface area (Å²) in [5.74, 6) is -0.212. The van der Waals surface area contributed by atoms with Crippen molar-refractivity contribution in [3.8, 4) is 0 Å². The van der Waals surface area contributed by atoms with E-state index in [9.17, 15) is 9.59 Å². The van der Waals surface area contributed by atoms with Gasteiger partial charge >= 0.3 is 12.0 Å². The predicted molar refractivity (Wildman–Crippen MR) is 89.0 cm³/mol. The van der Waals surface area contributed by atoms with Gasteiger partial charge in [-0.15, -0.1) is 0 Å². The summed E-state index contributed by atoms with van der Waals surface area (Å²) in [4.78, 5) is 24.8. The molecule has 3 rings (SSSR count). The number of anilines is 1. The Morgan fingerprint density at radius 3 is 2.88 bits per heavy atom. The smallest absolute Gasteiger partial charge is 0.320 e. The number of nitrogens with one attached hydrogen (secondary N) is 2. The lowest BCUT2D eigenvalue weighted by molar-refractivity contribution is -0.139. The number of fused-ring (bicyclic) bond motifs is 1. The minimum Gasteiger partial charge on any atom is -0.480 e. The molecule has 8 nitrogen and oxygen atoms in total. The van der Waals surface area contributed by atoms with Crippen LogP contribution in [0.1, 0.15) is 38.3 Å². The molecule has 0 saturated heterocycles. The average Bonchev–Trinajstić information content (AvgIpc) is 2.90. The third-order valence-electron chi connectivity index (χ3n) is 4.87. The highest BCUT2D eigenvalue weighted by atomic mass is 16.4. The number of carboxylic acid groups (broad SMARTS) is 1. The van der Waals surface area contributed by atoms with Crippen molar-refractivity contribution in [2.45, 2.75) is 57.7 Å². The van der Waals surface area contributed by atoms with Gasteiger partial charge in [-0.05, 0) is 38.6 Å². The molecule has 1 aliphatic heterocycles. The number of aliphatic carboxylic acids is 1. The molecule has 0 spiro atoms. The molecular weight excluding hydrogens is 310 g/mol. The first-order valence-electron chi connectivity index (χ1n) is 8.65. The lowest BCUT2D eigenvalue weighted by atomic mass is 9.85. The predicted octanol–water partition coefficient (Wildman–Crippen LogP) is 1.28. The highest BCUT2D eigenvalue weighted by Crippen LogP contribution is 2.25. The molecule has 8 heteroatoms. The van der Waals surface area contributed by atoms with Gasteiger partial charge in [0, 0.05) is 30.4 Å². The first-order valence-corrected chi connectivity index (χ1v) is 8.65. The van der Waals surface area contributed by atoms with Crippen molar-refractivity contribution in [1.82, 2.24) is 20.0 Å². The van der Waals surface area contributed by atoms with Crippen molar-refractivity contribution < 1.29 is 14.7 Å². The van der Waals surface area contributed by atoms with Gasteiger partial charge in [0.15, 0.2) is 5.82 Å². The van der Waals surface area contributed by atoms with Gasteiger partial charge in [-0.1, -0.05) is 6.92 Å². The van der Waals surface area contributed by atoms with Crippen LogP contribution < -0.4 is 10.6 Å². The third kappa shape index (κ3) is 3.87. The standard InChI is InChI=1S/C16H25N5O3/c1-2-20(10-15(22)23)13-7-11(8-13)17-16(24)18-14-9-12-5-3-4-6-21(12)19-14/h9,11,13H,2-8,10H2,1H3,(H,22,23)(H2,17,18,19,24). The maximum absolute atomic E-state index is 12.1. The number of hydrogen-bond acceptors (Lipinski definition) is 4. The number of urea groups is 1. The van der Waals surface area contributed by atoms with Gasteiger partial charge in [-0.2, -0.15) is 5.10 Å². The summed E-state index contributed by atoms with van der Waals surface area (Å²) in [6, 6.07) is 2.02. The fourth-order valence-corrected chi connectivity index (χ4v) is 3.49. The van der Waals surface area contributed by atoms with Crippen LogP contribution >= 0.6 is 0 Å². The quantitative estimate of drug-likeness (QED) is 0.727. The Labute approximate surface area is 141 Å². The average molecular weight is 335 g/mol. The van der Waals surface area contributed by atoms with Crippen LogP contribution in [0.3, 0.4) is 0 Å². The van der Waals surface area contributed by atoms with Crippen molar-refractivity contribution >= 4 is 17.8 Å². The molecule has 1 aliphatic carbocycles. The summed E-state index contributed by atoms with van der Waals surface area (Å²) < 4.78 is 1.96. The van der Waals surface area contributed by atoms with Crippen LogP contribution in [0.2, 0.25) is 0 Å². The van der Waals surface area contributed by atoms with E-state index in [1.807, 2.05) is 22.6 Å². The normalized spacial score (nSPS) is 22.6. The molecule has 0 atom stereocenters.